The first kappa shape index (κ1) is 8.49. The van der Waals surface area contributed by atoms with Crippen LogP contribution in [0.2, 0.25) is 5.15 Å². The van der Waals surface area contributed by atoms with Gasteiger partial charge in [0.2, 0.25) is 0 Å². The Kier molecular flexibility index (Phi) is 2.46. The third-order valence-electron chi connectivity index (χ3n) is 1.18. The molecule has 0 aliphatic rings. The summed E-state index contributed by atoms with van der Waals surface area (Å²) in [7, 11) is 0. The Morgan fingerprint density at radius 2 is 2.36 bits per heavy atom. The third-order valence-corrected chi connectivity index (χ3v) is 1.91. The van der Waals surface area contributed by atoms with Crippen LogP contribution in [0.1, 0.15) is 5.56 Å². The zero-order valence-corrected chi connectivity index (χ0v) is 7.78. The van der Waals surface area contributed by atoms with Crippen LogP contribution in [0.3, 0.4) is 0 Å². The van der Waals surface area contributed by atoms with Gasteiger partial charge in [-0.3, -0.25) is 5.41 Å². The van der Waals surface area contributed by atoms with Gasteiger partial charge < -0.3 is 5.73 Å². The van der Waals surface area contributed by atoms with Crippen molar-refractivity contribution in [1.82, 2.24) is 4.98 Å². The average Bonchev–Trinajstić information content (AvgIpc) is 1.94. The normalized spacial score (nSPS) is 9.64. The van der Waals surface area contributed by atoms with Crippen molar-refractivity contribution in [3.8, 4) is 0 Å². The number of nitrogens with zero attached hydrogens (tertiary/aromatic N) is 1. The second-order valence-electron chi connectivity index (χ2n) is 1.88. The van der Waals surface area contributed by atoms with Gasteiger partial charge >= 0.3 is 0 Å². The Hall–Kier alpha value is -0.610. The smallest absolute Gasteiger partial charge is 0.152 e. The highest BCUT2D eigenvalue weighted by Crippen LogP contribution is 2.21. The Balaban J connectivity index is 3.27. The zero-order valence-electron chi connectivity index (χ0n) is 5.44. The van der Waals surface area contributed by atoms with Gasteiger partial charge in [0.05, 0.1) is 5.69 Å². The molecule has 0 spiro atoms. The average molecular weight is 234 g/mol. The number of rotatable bonds is 1. The van der Waals surface area contributed by atoms with E-state index in [4.69, 9.17) is 22.7 Å². The molecule has 0 atom stereocenters. The molecular weight excluding hydrogens is 229 g/mol. The highest BCUT2D eigenvalue weighted by molar-refractivity contribution is 9.18. The fourth-order valence-corrected chi connectivity index (χ4v) is 1.14. The minimum absolute atomic E-state index is 0.208. The van der Waals surface area contributed by atoms with Gasteiger partial charge in [-0.15, -0.1) is 0 Å². The van der Waals surface area contributed by atoms with Crippen molar-refractivity contribution in [2.45, 2.75) is 0 Å². The van der Waals surface area contributed by atoms with E-state index in [9.17, 15) is 0 Å². The molecule has 0 fully saturated rings. The number of halogens is 2. The second-order valence-corrected chi connectivity index (χ2v) is 3.03. The molecule has 1 aromatic rings. The van der Waals surface area contributed by atoms with E-state index < -0.39 is 0 Å². The number of nitrogens with one attached hydrogen (secondary N) is 1. The predicted molar refractivity (Wildman–Crippen MR) is 49.4 cm³/mol. The number of hydrogen-bond donors (Lipinski definition) is 2. The van der Waals surface area contributed by atoms with Gasteiger partial charge in [0.15, 0.2) is 5.15 Å². The van der Waals surface area contributed by atoms with Gasteiger partial charge in [-0.25, -0.2) is 4.98 Å². The van der Waals surface area contributed by atoms with Crippen LogP contribution in [-0.2, 0) is 0 Å². The summed E-state index contributed by atoms with van der Waals surface area (Å²) in [5.74, 6) is 0. The lowest BCUT2D eigenvalue weighted by atomic mass is 10.2. The molecular formula is C6H5BrClN3. The monoisotopic (exact) mass is 233 g/mol. The summed E-state index contributed by atoms with van der Waals surface area (Å²) in [6, 6.07) is 1.62. The molecule has 0 saturated heterocycles. The molecule has 0 aliphatic carbocycles. The third kappa shape index (κ3) is 1.70. The van der Waals surface area contributed by atoms with E-state index in [1.165, 1.54) is 6.20 Å². The maximum atomic E-state index is 7.22. The van der Waals surface area contributed by atoms with Crippen LogP contribution in [0.15, 0.2) is 12.3 Å². The van der Waals surface area contributed by atoms with Crippen LogP contribution in [0.5, 0.6) is 0 Å². The number of pyridine rings is 1. The molecule has 1 heterocycles. The predicted octanol–water partition coefficient (Wildman–Crippen LogP) is 2.04. The van der Waals surface area contributed by atoms with Crippen molar-refractivity contribution in [1.29, 1.82) is 5.41 Å². The summed E-state index contributed by atoms with van der Waals surface area (Å²) in [5, 5.41) is 7.45. The molecule has 5 heteroatoms. The van der Waals surface area contributed by atoms with Crippen molar-refractivity contribution in [2.75, 3.05) is 5.73 Å². The van der Waals surface area contributed by atoms with E-state index in [0.29, 0.717) is 11.3 Å². The van der Waals surface area contributed by atoms with Crippen molar-refractivity contribution >= 4 is 37.8 Å². The highest BCUT2D eigenvalue weighted by Gasteiger charge is 2.05. The number of anilines is 1. The molecule has 0 aliphatic heterocycles. The summed E-state index contributed by atoms with van der Waals surface area (Å²) in [4.78, 5) is 3.74. The number of hydrogen-bond acceptors (Lipinski definition) is 3. The Morgan fingerprint density at radius 3 is 2.82 bits per heavy atom. The lowest BCUT2D eigenvalue weighted by Gasteiger charge is -2.01. The molecule has 1 aromatic heterocycles. The minimum Gasteiger partial charge on any atom is -0.396 e. The minimum atomic E-state index is 0.208. The molecule has 1 rings (SSSR count). The van der Waals surface area contributed by atoms with Crippen LogP contribution < -0.4 is 5.73 Å². The fourth-order valence-electron chi connectivity index (χ4n) is 0.639. The molecule has 3 nitrogen and oxygen atoms in total. The van der Waals surface area contributed by atoms with Crippen molar-refractivity contribution in [2.24, 2.45) is 0 Å². The van der Waals surface area contributed by atoms with Crippen molar-refractivity contribution < 1.29 is 0 Å². The first-order valence-electron chi connectivity index (χ1n) is 2.77. The van der Waals surface area contributed by atoms with Gasteiger partial charge in [0.25, 0.3) is 0 Å². The number of nitrogens with two attached hydrogens (primary N) is 1. The summed E-state index contributed by atoms with van der Waals surface area (Å²) >= 11 is 8.59. The lowest BCUT2D eigenvalue weighted by Crippen LogP contribution is -1.98. The SMILES string of the molecule is N=C(Br)c1ccnc(Cl)c1N. The van der Waals surface area contributed by atoms with Gasteiger partial charge in [-0.05, 0) is 22.0 Å². The lowest BCUT2D eigenvalue weighted by molar-refractivity contribution is 1.32. The number of aromatic nitrogens is 1. The van der Waals surface area contributed by atoms with E-state index in [1.54, 1.807) is 6.07 Å². The van der Waals surface area contributed by atoms with Crippen LogP contribution in [-0.4, -0.2) is 9.60 Å². The molecule has 0 bridgehead atoms. The second kappa shape index (κ2) is 3.19. The van der Waals surface area contributed by atoms with E-state index in [2.05, 4.69) is 20.9 Å². The maximum Gasteiger partial charge on any atom is 0.152 e. The first-order chi connectivity index (χ1) is 5.13. The van der Waals surface area contributed by atoms with Crippen molar-refractivity contribution in [3.63, 3.8) is 0 Å². The first-order valence-corrected chi connectivity index (χ1v) is 3.94. The van der Waals surface area contributed by atoms with Gasteiger partial charge in [-0.1, -0.05) is 11.6 Å². The largest absolute Gasteiger partial charge is 0.396 e. The van der Waals surface area contributed by atoms with Crippen LogP contribution in [0.4, 0.5) is 5.69 Å². The van der Waals surface area contributed by atoms with E-state index in [0.717, 1.165) is 0 Å². The standard InChI is InChI=1S/C6H5BrClN3/c7-5(10)3-1-2-11-6(8)4(3)9/h1-2,10H,9H2. The number of nitrogen functional groups attached to an aromatic ring is 1. The molecule has 0 amide bonds. The van der Waals surface area contributed by atoms with Gasteiger partial charge in [0, 0.05) is 11.8 Å². The summed E-state index contributed by atoms with van der Waals surface area (Å²) < 4.78 is 0.208. The molecule has 0 unspecified atom stereocenters. The topological polar surface area (TPSA) is 62.8 Å². The Morgan fingerprint density at radius 1 is 1.73 bits per heavy atom. The van der Waals surface area contributed by atoms with E-state index in [-0.39, 0.29) is 9.77 Å². The van der Waals surface area contributed by atoms with Crippen LogP contribution in [0, 0.1) is 5.41 Å². The summed E-state index contributed by atoms with van der Waals surface area (Å²) in [6.07, 6.45) is 1.50. The molecule has 0 radical (unpaired) electrons. The molecule has 3 N–H and O–H groups in total. The van der Waals surface area contributed by atoms with Gasteiger partial charge in [-0.2, -0.15) is 0 Å². The molecule has 58 valence electrons. The zero-order chi connectivity index (χ0) is 8.43. The summed E-state index contributed by atoms with van der Waals surface area (Å²) in [5.41, 5.74) is 6.41. The van der Waals surface area contributed by atoms with Crippen molar-refractivity contribution in [3.05, 3.63) is 23.0 Å². The molecule has 11 heavy (non-hydrogen) atoms. The Labute approximate surface area is 77.2 Å². The van der Waals surface area contributed by atoms with E-state index >= 15 is 0 Å². The van der Waals surface area contributed by atoms with Gasteiger partial charge in [0.1, 0.15) is 4.62 Å². The van der Waals surface area contributed by atoms with Crippen LogP contribution in [0.25, 0.3) is 0 Å². The maximum absolute atomic E-state index is 7.22. The summed E-state index contributed by atoms with van der Waals surface area (Å²) in [6.45, 7) is 0. The fraction of sp³-hybridized carbons (Fsp3) is 0. The highest BCUT2D eigenvalue weighted by atomic mass is 79.9. The van der Waals surface area contributed by atoms with E-state index in [1.807, 2.05) is 0 Å². The molecule has 0 saturated carbocycles. The quantitative estimate of drug-likeness (QED) is 0.577. The van der Waals surface area contributed by atoms with Crippen LogP contribution >= 0.6 is 27.5 Å². The Bertz CT molecular complexity index is 300. The molecule has 0 aromatic carbocycles.